The molecule has 1 aromatic heterocycles. The fourth-order valence-electron chi connectivity index (χ4n) is 1.76. The fourth-order valence-corrected chi connectivity index (χ4v) is 1.76. The van der Waals surface area contributed by atoms with Gasteiger partial charge in [0.2, 0.25) is 0 Å². The van der Waals surface area contributed by atoms with E-state index >= 15 is 0 Å². The smallest absolute Gasteiger partial charge is 0.150 e. The molecule has 0 amide bonds. The van der Waals surface area contributed by atoms with Crippen LogP contribution in [0.15, 0.2) is 18.2 Å². The Labute approximate surface area is 82.3 Å². The molecule has 0 atom stereocenters. The summed E-state index contributed by atoms with van der Waals surface area (Å²) in [5.74, 6) is 0. The number of aromatic nitrogens is 2. The van der Waals surface area contributed by atoms with Crippen LogP contribution in [0, 0.1) is 0 Å². The first kappa shape index (κ1) is 8.94. The van der Waals surface area contributed by atoms with E-state index in [1.165, 1.54) is 5.69 Å². The highest BCUT2D eigenvalue weighted by Crippen LogP contribution is 2.19. The van der Waals surface area contributed by atoms with Crippen LogP contribution in [0.4, 0.5) is 0 Å². The number of nitrogens with zero attached hydrogens (tertiary/aromatic N) is 2. The first-order valence-electron chi connectivity index (χ1n) is 4.67. The maximum Gasteiger partial charge on any atom is 0.150 e. The summed E-state index contributed by atoms with van der Waals surface area (Å²) >= 11 is 0. The normalized spacial score (nSPS) is 10.7. The predicted molar refractivity (Wildman–Crippen MR) is 55.5 cm³/mol. The zero-order chi connectivity index (χ0) is 10.1. The average molecular weight is 188 g/mol. The van der Waals surface area contributed by atoms with Crippen LogP contribution in [0.5, 0.6) is 0 Å². The maximum atomic E-state index is 10.6. The van der Waals surface area contributed by atoms with Crippen LogP contribution in [-0.4, -0.2) is 16.1 Å². The van der Waals surface area contributed by atoms with Crippen molar-refractivity contribution in [2.24, 2.45) is 7.05 Å². The number of hydrogen-bond donors (Lipinski definition) is 0. The van der Waals surface area contributed by atoms with Crippen molar-refractivity contribution in [2.75, 3.05) is 0 Å². The van der Waals surface area contributed by atoms with Crippen molar-refractivity contribution in [3.05, 3.63) is 29.5 Å². The van der Waals surface area contributed by atoms with E-state index < -0.39 is 0 Å². The van der Waals surface area contributed by atoms with E-state index in [-0.39, 0.29) is 0 Å². The minimum Gasteiger partial charge on any atom is -0.298 e. The van der Waals surface area contributed by atoms with Crippen LogP contribution in [0.3, 0.4) is 0 Å². The molecule has 0 spiro atoms. The second-order valence-corrected chi connectivity index (χ2v) is 3.32. The third-order valence-corrected chi connectivity index (χ3v) is 2.45. The minimum atomic E-state index is 0.709. The van der Waals surface area contributed by atoms with Gasteiger partial charge in [-0.1, -0.05) is 6.92 Å². The van der Waals surface area contributed by atoms with Gasteiger partial charge >= 0.3 is 0 Å². The fraction of sp³-hybridized carbons (Fsp3) is 0.273. The Balaban J connectivity index is 2.77. The van der Waals surface area contributed by atoms with Crippen molar-refractivity contribution >= 4 is 17.2 Å². The van der Waals surface area contributed by atoms with E-state index in [0.717, 1.165) is 23.6 Å². The highest BCUT2D eigenvalue weighted by atomic mass is 16.1. The van der Waals surface area contributed by atoms with E-state index in [1.54, 1.807) is 6.07 Å². The van der Waals surface area contributed by atoms with E-state index in [0.29, 0.717) is 5.56 Å². The van der Waals surface area contributed by atoms with Crippen LogP contribution in [0.1, 0.15) is 23.0 Å². The topological polar surface area (TPSA) is 34.9 Å². The summed E-state index contributed by atoms with van der Waals surface area (Å²) in [6, 6.07) is 5.58. The third kappa shape index (κ3) is 1.21. The number of hydrogen-bond acceptors (Lipinski definition) is 2. The van der Waals surface area contributed by atoms with E-state index in [2.05, 4.69) is 12.0 Å². The summed E-state index contributed by atoms with van der Waals surface area (Å²) < 4.78 is 1.87. The molecule has 2 rings (SSSR count). The van der Waals surface area contributed by atoms with E-state index in [4.69, 9.17) is 0 Å². The number of fused-ring (bicyclic) bond motifs is 1. The second-order valence-electron chi connectivity index (χ2n) is 3.32. The number of carbonyl (C=O) groups excluding carboxylic acids is 1. The molecule has 0 fully saturated rings. The molecule has 0 N–H and O–H groups in total. The molecule has 0 aliphatic heterocycles. The number of benzene rings is 1. The molecule has 3 heteroatoms. The molecule has 2 aromatic rings. The third-order valence-electron chi connectivity index (χ3n) is 2.45. The van der Waals surface area contributed by atoms with Gasteiger partial charge in [0.25, 0.3) is 0 Å². The first-order valence-corrected chi connectivity index (χ1v) is 4.67. The zero-order valence-electron chi connectivity index (χ0n) is 8.32. The average Bonchev–Trinajstić information content (AvgIpc) is 2.52. The summed E-state index contributed by atoms with van der Waals surface area (Å²) in [6.07, 6.45) is 1.79. The zero-order valence-corrected chi connectivity index (χ0v) is 8.32. The maximum absolute atomic E-state index is 10.6. The molecular weight excluding hydrogens is 176 g/mol. The summed E-state index contributed by atoms with van der Waals surface area (Å²) in [7, 11) is 1.93. The number of aldehydes is 1. The molecule has 1 aromatic carbocycles. The summed E-state index contributed by atoms with van der Waals surface area (Å²) in [5, 5.41) is 5.44. The van der Waals surface area contributed by atoms with Crippen LogP contribution < -0.4 is 0 Å². The number of aryl methyl sites for hydroxylation is 2. The Morgan fingerprint density at radius 2 is 2.29 bits per heavy atom. The Hall–Kier alpha value is -1.64. The van der Waals surface area contributed by atoms with Gasteiger partial charge in [-0.25, -0.2) is 0 Å². The second kappa shape index (κ2) is 3.25. The lowest BCUT2D eigenvalue weighted by molar-refractivity contribution is 0.112. The van der Waals surface area contributed by atoms with Crippen molar-refractivity contribution in [3.63, 3.8) is 0 Å². The first-order chi connectivity index (χ1) is 6.76. The summed E-state index contributed by atoms with van der Waals surface area (Å²) in [4.78, 5) is 10.6. The summed E-state index contributed by atoms with van der Waals surface area (Å²) in [5.41, 5.74) is 2.83. The number of rotatable bonds is 2. The lowest BCUT2D eigenvalue weighted by atomic mass is 10.1. The molecule has 14 heavy (non-hydrogen) atoms. The van der Waals surface area contributed by atoms with Gasteiger partial charge in [-0.3, -0.25) is 9.48 Å². The van der Waals surface area contributed by atoms with Crippen LogP contribution in [0.25, 0.3) is 10.9 Å². The quantitative estimate of drug-likeness (QED) is 0.675. The van der Waals surface area contributed by atoms with Crippen LogP contribution in [0.2, 0.25) is 0 Å². The Morgan fingerprint density at radius 3 is 2.93 bits per heavy atom. The molecule has 0 saturated carbocycles. The predicted octanol–water partition coefficient (Wildman–Crippen LogP) is 1.95. The monoisotopic (exact) mass is 188 g/mol. The van der Waals surface area contributed by atoms with Crippen LogP contribution in [-0.2, 0) is 13.5 Å². The van der Waals surface area contributed by atoms with Gasteiger partial charge in [0, 0.05) is 23.7 Å². The highest BCUT2D eigenvalue weighted by Gasteiger charge is 2.06. The van der Waals surface area contributed by atoms with Crippen molar-refractivity contribution in [1.82, 2.24) is 9.78 Å². The molecule has 1 heterocycles. The molecular formula is C11H12N2O. The molecule has 0 unspecified atom stereocenters. The van der Waals surface area contributed by atoms with E-state index in [1.807, 2.05) is 23.9 Å². The summed E-state index contributed by atoms with van der Waals surface area (Å²) in [6.45, 7) is 2.09. The van der Waals surface area contributed by atoms with Crippen LogP contribution >= 0.6 is 0 Å². The highest BCUT2D eigenvalue weighted by molar-refractivity contribution is 5.88. The van der Waals surface area contributed by atoms with Gasteiger partial charge in [0.15, 0.2) is 0 Å². The standard InChI is InChI=1S/C11H12N2O/c1-3-11-9-6-8(7-14)4-5-10(9)12-13(11)2/h4-7H,3H2,1-2H3. The van der Waals surface area contributed by atoms with Gasteiger partial charge in [-0.15, -0.1) is 0 Å². The van der Waals surface area contributed by atoms with E-state index in [9.17, 15) is 4.79 Å². The van der Waals surface area contributed by atoms with Gasteiger partial charge < -0.3 is 0 Å². The van der Waals surface area contributed by atoms with Crippen molar-refractivity contribution in [3.8, 4) is 0 Å². The van der Waals surface area contributed by atoms with Crippen molar-refractivity contribution < 1.29 is 4.79 Å². The molecule has 0 saturated heterocycles. The molecule has 0 aliphatic rings. The largest absolute Gasteiger partial charge is 0.298 e. The Morgan fingerprint density at radius 1 is 1.50 bits per heavy atom. The van der Waals surface area contributed by atoms with Gasteiger partial charge in [-0.05, 0) is 24.6 Å². The van der Waals surface area contributed by atoms with Gasteiger partial charge in [-0.2, -0.15) is 5.10 Å². The molecule has 0 radical (unpaired) electrons. The molecule has 72 valence electrons. The lowest BCUT2D eigenvalue weighted by Gasteiger charge is -1.96. The molecule has 0 aliphatic carbocycles. The van der Waals surface area contributed by atoms with Crippen molar-refractivity contribution in [2.45, 2.75) is 13.3 Å². The molecule has 3 nitrogen and oxygen atoms in total. The number of carbonyl (C=O) groups is 1. The SMILES string of the molecule is CCc1c2cc(C=O)ccc2nn1C. The van der Waals surface area contributed by atoms with Gasteiger partial charge in [0.1, 0.15) is 6.29 Å². The molecule has 0 bridgehead atoms. The Bertz CT molecular complexity index is 485. The van der Waals surface area contributed by atoms with Gasteiger partial charge in [0.05, 0.1) is 5.52 Å². The minimum absolute atomic E-state index is 0.709. The lowest BCUT2D eigenvalue weighted by Crippen LogP contribution is -1.95. The van der Waals surface area contributed by atoms with Crippen molar-refractivity contribution in [1.29, 1.82) is 0 Å². The Kier molecular flexibility index (Phi) is 2.08.